The van der Waals surface area contributed by atoms with E-state index in [1.165, 1.54) is 6.92 Å². The van der Waals surface area contributed by atoms with Gasteiger partial charge in [0.1, 0.15) is 6.04 Å². The second-order valence-corrected chi connectivity index (χ2v) is 6.49. The molecule has 0 fully saturated rings. The second kappa shape index (κ2) is 10.0. The van der Waals surface area contributed by atoms with Crippen LogP contribution in [0.25, 0.3) is 0 Å². The largest absolute Gasteiger partial charge is 0.454 e. The molecule has 1 atom stereocenters. The van der Waals surface area contributed by atoms with Crippen molar-refractivity contribution >= 4 is 29.5 Å². The van der Waals surface area contributed by atoms with Crippen LogP contribution in [0.2, 0.25) is 0 Å². The van der Waals surface area contributed by atoms with Gasteiger partial charge in [0.05, 0.1) is 0 Å². The number of anilines is 1. The molecule has 0 unspecified atom stereocenters. The van der Waals surface area contributed by atoms with Gasteiger partial charge in [0, 0.05) is 11.3 Å². The number of amides is 4. The summed E-state index contributed by atoms with van der Waals surface area (Å²) in [6, 6.07) is 12.1. The van der Waals surface area contributed by atoms with Crippen molar-refractivity contribution in [2.45, 2.75) is 26.8 Å². The second-order valence-electron chi connectivity index (χ2n) is 6.49. The van der Waals surface area contributed by atoms with Crippen molar-refractivity contribution < 1.29 is 23.9 Å². The summed E-state index contributed by atoms with van der Waals surface area (Å²) in [5.74, 6) is -2.02. The Morgan fingerprint density at radius 3 is 2.34 bits per heavy atom. The molecule has 152 valence electrons. The molecule has 0 radical (unpaired) electrons. The van der Waals surface area contributed by atoms with Gasteiger partial charge in [0.25, 0.3) is 11.8 Å². The van der Waals surface area contributed by atoms with E-state index in [0.717, 1.165) is 11.1 Å². The number of hydrogen-bond donors (Lipinski definition) is 3. The Balaban J connectivity index is 1.76. The van der Waals surface area contributed by atoms with Crippen LogP contribution in [0.5, 0.6) is 0 Å². The Bertz CT molecular complexity index is 912. The molecule has 29 heavy (non-hydrogen) atoms. The van der Waals surface area contributed by atoms with Crippen molar-refractivity contribution in [1.29, 1.82) is 0 Å². The smallest absolute Gasteiger partial charge is 0.328 e. The van der Waals surface area contributed by atoms with Gasteiger partial charge in [-0.1, -0.05) is 35.9 Å². The highest BCUT2D eigenvalue weighted by Gasteiger charge is 2.19. The highest BCUT2D eigenvalue weighted by atomic mass is 16.5. The van der Waals surface area contributed by atoms with Crippen LogP contribution in [0.1, 0.15) is 28.4 Å². The highest BCUT2D eigenvalue weighted by molar-refractivity contribution is 6.02. The van der Waals surface area contributed by atoms with Gasteiger partial charge >= 0.3 is 12.0 Å². The summed E-state index contributed by atoms with van der Waals surface area (Å²) in [6.07, 6.45) is 0. The fourth-order valence-electron chi connectivity index (χ4n) is 2.46. The van der Waals surface area contributed by atoms with Crippen LogP contribution in [-0.2, 0) is 14.3 Å². The first kappa shape index (κ1) is 21.6. The van der Waals surface area contributed by atoms with Gasteiger partial charge in [0.15, 0.2) is 6.61 Å². The number of carbonyl (C=O) groups is 4. The summed E-state index contributed by atoms with van der Waals surface area (Å²) in [6.45, 7) is 4.55. The van der Waals surface area contributed by atoms with E-state index in [4.69, 9.17) is 4.74 Å². The first-order valence-corrected chi connectivity index (χ1v) is 8.97. The minimum Gasteiger partial charge on any atom is -0.454 e. The average molecular weight is 397 g/mol. The van der Waals surface area contributed by atoms with Gasteiger partial charge in [-0.2, -0.15) is 0 Å². The van der Waals surface area contributed by atoms with E-state index in [1.54, 1.807) is 36.4 Å². The summed E-state index contributed by atoms with van der Waals surface area (Å²) in [7, 11) is 0. The van der Waals surface area contributed by atoms with Gasteiger partial charge in [-0.25, -0.2) is 9.59 Å². The quantitative estimate of drug-likeness (QED) is 0.648. The molecule has 8 heteroatoms. The molecule has 2 aromatic carbocycles. The maximum absolute atomic E-state index is 12.0. The van der Waals surface area contributed by atoms with E-state index in [2.05, 4.69) is 16.0 Å². The molecule has 0 aromatic heterocycles. The summed E-state index contributed by atoms with van der Waals surface area (Å²) >= 11 is 0. The number of esters is 1. The molecule has 0 aliphatic rings. The SMILES string of the molecule is Cc1ccc(NC(=O)NC(=O)COC(=O)[C@H](C)NC(=O)c2ccccc2)c(C)c1. The maximum atomic E-state index is 12.0. The van der Waals surface area contributed by atoms with Crippen molar-refractivity contribution in [2.75, 3.05) is 11.9 Å². The minimum absolute atomic E-state index is 0.396. The molecule has 0 spiro atoms. The number of urea groups is 1. The Labute approximate surface area is 168 Å². The monoisotopic (exact) mass is 397 g/mol. The maximum Gasteiger partial charge on any atom is 0.328 e. The van der Waals surface area contributed by atoms with Gasteiger partial charge in [-0.15, -0.1) is 0 Å². The molecule has 2 aromatic rings. The lowest BCUT2D eigenvalue weighted by Crippen LogP contribution is -2.42. The summed E-state index contributed by atoms with van der Waals surface area (Å²) in [5, 5.41) is 7.11. The van der Waals surface area contributed by atoms with Crippen molar-refractivity contribution in [3.63, 3.8) is 0 Å². The lowest BCUT2D eigenvalue weighted by molar-refractivity contribution is -0.149. The van der Waals surface area contributed by atoms with Crippen LogP contribution in [-0.4, -0.2) is 36.5 Å². The van der Waals surface area contributed by atoms with Gasteiger partial charge in [-0.3, -0.25) is 14.9 Å². The number of carbonyl (C=O) groups excluding carboxylic acids is 4. The van der Waals surface area contributed by atoms with Crippen molar-refractivity contribution in [3.05, 3.63) is 65.2 Å². The fraction of sp³-hybridized carbons (Fsp3) is 0.238. The van der Waals surface area contributed by atoms with E-state index in [1.807, 2.05) is 26.0 Å². The fourth-order valence-corrected chi connectivity index (χ4v) is 2.46. The van der Waals surface area contributed by atoms with Crippen LogP contribution in [0.15, 0.2) is 48.5 Å². The Hall–Kier alpha value is -3.68. The summed E-state index contributed by atoms with van der Waals surface area (Å²) < 4.78 is 4.85. The van der Waals surface area contributed by atoms with Crippen LogP contribution < -0.4 is 16.0 Å². The molecule has 0 heterocycles. The summed E-state index contributed by atoms with van der Waals surface area (Å²) in [4.78, 5) is 47.7. The number of rotatable bonds is 6. The Morgan fingerprint density at radius 2 is 1.69 bits per heavy atom. The van der Waals surface area contributed by atoms with E-state index in [0.29, 0.717) is 11.3 Å². The minimum atomic E-state index is -0.959. The van der Waals surface area contributed by atoms with E-state index in [-0.39, 0.29) is 0 Å². The third kappa shape index (κ3) is 6.76. The first-order chi connectivity index (χ1) is 13.8. The molecule has 0 saturated heterocycles. The molecular weight excluding hydrogens is 374 g/mol. The van der Waals surface area contributed by atoms with Crippen LogP contribution in [0, 0.1) is 13.8 Å². The zero-order valence-corrected chi connectivity index (χ0v) is 16.4. The highest BCUT2D eigenvalue weighted by Crippen LogP contribution is 2.15. The molecule has 0 saturated carbocycles. The van der Waals surface area contributed by atoms with E-state index < -0.39 is 36.5 Å². The van der Waals surface area contributed by atoms with Crippen molar-refractivity contribution in [1.82, 2.24) is 10.6 Å². The van der Waals surface area contributed by atoms with E-state index in [9.17, 15) is 19.2 Å². The van der Waals surface area contributed by atoms with Crippen LogP contribution in [0.3, 0.4) is 0 Å². The zero-order chi connectivity index (χ0) is 21.4. The molecule has 4 amide bonds. The molecule has 8 nitrogen and oxygen atoms in total. The topological polar surface area (TPSA) is 114 Å². The number of hydrogen-bond acceptors (Lipinski definition) is 5. The lowest BCUT2D eigenvalue weighted by Gasteiger charge is -2.13. The number of aryl methyl sites for hydroxylation is 2. The number of imide groups is 1. The molecule has 2 rings (SSSR count). The molecule has 0 bridgehead atoms. The van der Waals surface area contributed by atoms with Crippen LogP contribution in [0.4, 0.5) is 10.5 Å². The predicted molar refractivity (Wildman–Crippen MR) is 107 cm³/mol. The number of benzene rings is 2. The Kier molecular flexibility index (Phi) is 7.47. The number of ether oxygens (including phenoxy) is 1. The van der Waals surface area contributed by atoms with Crippen molar-refractivity contribution in [3.8, 4) is 0 Å². The third-order valence-corrected chi connectivity index (χ3v) is 3.97. The summed E-state index contributed by atoms with van der Waals surface area (Å²) in [5.41, 5.74) is 2.86. The number of nitrogens with one attached hydrogen (secondary N) is 3. The van der Waals surface area contributed by atoms with Crippen LogP contribution >= 0.6 is 0 Å². The molecule has 3 N–H and O–H groups in total. The normalized spacial score (nSPS) is 11.1. The average Bonchev–Trinajstić information content (AvgIpc) is 2.68. The van der Waals surface area contributed by atoms with Gasteiger partial charge in [-0.05, 0) is 44.5 Å². The molecule has 0 aliphatic carbocycles. The van der Waals surface area contributed by atoms with Gasteiger partial charge < -0.3 is 15.4 Å². The van der Waals surface area contributed by atoms with Gasteiger partial charge in [0.2, 0.25) is 0 Å². The zero-order valence-electron chi connectivity index (χ0n) is 16.4. The van der Waals surface area contributed by atoms with E-state index >= 15 is 0 Å². The predicted octanol–water partition coefficient (Wildman–Crippen LogP) is 2.31. The first-order valence-electron chi connectivity index (χ1n) is 8.97. The third-order valence-electron chi connectivity index (χ3n) is 3.97. The molecule has 0 aliphatic heterocycles. The van der Waals surface area contributed by atoms with Crippen molar-refractivity contribution in [2.24, 2.45) is 0 Å². The Morgan fingerprint density at radius 1 is 1.00 bits per heavy atom. The standard InChI is InChI=1S/C21H23N3O5/c1-13-9-10-17(14(2)11-13)23-21(28)24-18(25)12-29-20(27)15(3)22-19(26)16-7-5-4-6-8-16/h4-11,15H,12H2,1-3H3,(H,22,26)(H2,23,24,25,28)/t15-/m0/s1. The molecular formula is C21H23N3O5. The lowest BCUT2D eigenvalue weighted by atomic mass is 10.1.